The third-order valence-electron chi connectivity index (χ3n) is 4.94. The summed E-state index contributed by atoms with van der Waals surface area (Å²) in [4.78, 5) is 25.4. The Morgan fingerprint density at radius 2 is 1.59 bits per heavy atom. The Morgan fingerprint density at radius 3 is 2.07 bits per heavy atom. The zero-order valence-corrected chi connectivity index (χ0v) is 14.5. The number of carbonyl (C=O) groups excluding carboxylic acids is 2. The summed E-state index contributed by atoms with van der Waals surface area (Å²) in [6, 6.07) is 7.54. The first kappa shape index (κ1) is 20.0. The standard InChI is InChI=1S/C18H16N2O5S.Na.H/c19-16-13(26(23,24)25)8-12(20-9-4-3-5-9)14-15(16)18(22)11-7-2-1-6-10(11)17(14)21;;/h1-2,6-9,20H,3-5,19H2,(H,23,24,25);;. The summed E-state index contributed by atoms with van der Waals surface area (Å²) in [5, 5.41) is 3.12. The summed E-state index contributed by atoms with van der Waals surface area (Å²) in [5.41, 5.74) is 6.01. The molecular formula is C18H17N2NaO5S. The van der Waals surface area contributed by atoms with Crippen molar-refractivity contribution in [3.05, 3.63) is 52.6 Å². The van der Waals surface area contributed by atoms with Crippen LogP contribution in [-0.2, 0) is 10.1 Å². The fraction of sp³-hybridized carbons (Fsp3) is 0.222. The van der Waals surface area contributed by atoms with Crippen molar-refractivity contribution in [1.82, 2.24) is 0 Å². The number of benzene rings is 2. The molecule has 0 spiro atoms. The van der Waals surface area contributed by atoms with Crippen molar-refractivity contribution < 1.29 is 22.6 Å². The van der Waals surface area contributed by atoms with E-state index in [1.807, 2.05) is 0 Å². The second-order valence-corrected chi connectivity index (χ2v) is 7.93. The second-order valence-electron chi connectivity index (χ2n) is 6.54. The van der Waals surface area contributed by atoms with Gasteiger partial charge in [0.1, 0.15) is 4.90 Å². The molecule has 4 N–H and O–H groups in total. The van der Waals surface area contributed by atoms with E-state index in [-0.39, 0.29) is 63.5 Å². The summed E-state index contributed by atoms with van der Waals surface area (Å²) in [6.07, 6.45) is 2.77. The predicted octanol–water partition coefficient (Wildman–Crippen LogP) is 1.61. The summed E-state index contributed by atoms with van der Waals surface area (Å²) in [7, 11) is -4.66. The second kappa shape index (κ2) is 7.03. The summed E-state index contributed by atoms with van der Waals surface area (Å²) < 4.78 is 33.0. The molecule has 4 rings (SSSR count). The van der Waals surface area contributed by atoms with Gasteiger partial charge in [-0.05, 0) is 25.3 Å². The molecule has 2 aromatic carbocycles. The van der Waals surface area contributed by atoms with Gasteiger partial charge in [-0.15, -0.1) is 0 Å². The number of carbonyl (C=O) groups is 2. The van der Waals surface area contributed by atoms with Gasteiger partial charge in [0, 0.05) is 22.9 Å². The minimum atomic E-state index is -4.66. The van der Waals surface area contributed by atoms with Gasteiger partial charge in [0.2, 0.25) is 0 Å². The molecule has 2 aliphatic rings. The molecule has 0 saturated heterocycles. The minimum absolute atomic E-state index is 0. The van der Waals surface area contributed by atoms with Gasteiger partial charge in [-0.3, -0.25) is 14.1 Å². The summed E-state index contributed by atoms with van der Waals surface area (Å²) >= 11 is 0. The molecule has 0 heterocycles. The van der Waals surface area contributed by atoms with Gasteiger partial charge >= 0.3 is 29.6 Å². The molecule has 0 aliphatic heterocycles. The van der Waals surface area contributed by atoms with Crippen LogP contribution in [0.5, 0.6) is 0 Å². The molecule has 7 nitrogen and oxygen atoms in total. The van der Waals surface area contributed by atoms with Gasteiger partial charge < -0.3 is 11.1 Å². The first-order valence-electron chi connectivity index (χ1n) is 8.18. The molecular weight excluding hydrogens is 379 g/mol. The van der Waals surface area contributed by atoms with Gasteiger partial charge in [0.25, 0.3) is 10.1 Å². The number of fused-ring (bicyclic) bond motifs is 2. The average molecular weight is 396 g/mol. The summed E-state index contributed by atoms with van der Waals surface area (Å²) in [5.74, 6) is -0.930. The van der Waals surface area contributed by atoms with Crippen molar-refractivity contribution >= 4 is 62.6 Å². The van der Waals surface area contributed by atoms with Crippen molar-refractivity contribution in [1.29, 1.82) is 0 Å². The number of anilines is 2. The summed E-state index contributed by atoms with van der Waals surface area (Å²) in [6.45, 7) is 0. The van der Waals surface area contributed by atoms with Crippen LogP contribution in [0.15, 0.2) is 35.2 Å². The van der Waals surface area contributed by atoms with Crippen LogP contribution in [0.25, 0.3) is 0 Å². The van der Waals surface area contributed by atoms with Gasteiger partial charge in [0.15, 0.2) is 11.6 Å². The van der Waals surface area contributed by atoms with E-state index < -0.39 is 32.3 Å². The number of nitrogens with one attached hydrogen (secondary N) is 1. The molecule has 1 saturated carbocycles. The average Bonchev–Trinajstić information content (AvgIpc) is 2.55. The number of hydrogen-bond donors (Lipinski definition) is 3. The van der Waals surface area contributed by atoms with Crippen LogP contribution in [0, 0.1) is 0 Å². The quantitative estimate of drug-likeness (QED) is 0.349. The van der Waals surface area contributed by atoms with Crippen molar-refractivity contribution in [2.45, 2.75) is 30.2 Å². The third kappa shape index (κ3) is 3.21. The van der Waals surface area contributed by atoms with Crippen LogP contribution in [0.1, 0.15) is 51.1 Å². The maximum absolute atomic E-state index is 13.0. The molecule has 0 atom stereocenters. The fourth-order valence-corrected chi connectivity index (χ4v) is 4.04. The molecule has 1 fully saturated rings. The van der Waals surface area contributed by atoms with Gasteiger partial charge in [-0.2, -0.15) is 8.42 Å². The Labute approximate surface area is 178 Å². The maximum atomic E-state index is 13.0. The van der Waals surface area contributed by atoms with Crippen LogP contribution >= 0.6 is 0 Å². The first-order valence-corrected chi connectivity index (χ1v) is 9.62. The Morgan fingerprint density at radius 1 is 1.04 bits per heavy atom. The topological polar surface area (TPSA) is 127 Å². The Bertz CT molecular complexity index is 1080. The molecule has 136 valence electrons. The molecule has 0 aromatic heterocycles. The van der Waals surface area contributed by atoms with Crippen LogP contribution < -0.4 is 11.1 Å². The van der Waals surface area contributed by atoms with E-state index in [0.717, 1.165) is 25.3 Å². The fourth-order valence-electron chi connectivity index (χ4n) is 3.39. The number of hydrogen-bond acceptors (Lipinski definition) is 6. The van der Waals surface area contributed by atoms with E-state index in [1.54, 1.807) is 18.2 Å². The van der Waals surface area contributed by atoms with E-state index in [1.165, 1.54) is 6.07 Å². The normalized spacial score (nSPS) is 16.0. The van der Waals surface area contributed by atoms with Crippen molar-refractivity contribution in [3.63, 3.8) is 0 Å². The van der Waals surface area contributed by atoms with Gasteiger partial charge in [-0.25, -0.2) is 0 Å². The molecule has 0 unspecified atom stereocenters. The van der Waals surface area contributed by atoms with Crippen molar-refractivity contribution in [3.8, 4) is 0 Å². The number of nitrogens with two attached hydrogens (primary N) is 1. The van der Waals surface area contributed by atoms with Crippen LogP contribution in [0.3, 0.4) is 0 Å². The molecule has 0 radical (unpaired) electrons. The molecule has 27 heavy (non-hydrogen) atoms. The van der Waals surface area contributed by atoms with Crippen LogP contribution in [-0.4, -0.2) is 60.1 Å². The van der Waals surface area contributed by atoms with Crippen molar-refractivity contribution in [2.24, 2.45) is 0 Å². The molecule has 0 bridgehead atoms. The number of nitrogen functional groups attached to an aromatic ring is 1. The van der Waals surface area contributed by atoms with Crippen LogP contribution in [0.2, 0.25) is 0 Å². The van der Waals surface area contributed by atoms with E-state index >= 15 is 0 Å². The van der Waals surface area contributed by atoms with Gasteiger partial charge in [0.05, 0.1) is 16.8 Å². The number of rotatable bonds is 3. The molecule has 9 heteroatoms. The monoisotopic (exact) mass is 396 g/mol. The van der Waals surface area contributed by atoms with Crippen molar-refractivity contribution in [2.75, 3.05) is 11.1 Å². The van der Waals surface area contributed by atoms with E-state index in [9.17, 15) is 22.6 Å². The Hall–Kier alpha value is -1.71. The van der Waals surface area contributed by atoms with E-state index in [2.05, 4.69) is 5.32 Å². The SMILES string of the molecule is Nc1c(S(=O)(=O)O)cc(NC2CCC2)c2c1C(=O)c1ccccc1C2=O.[NaH]. The molecule has 0 amide bonds. The Balaban J connectivity index is 0.00000210. The zero-order chi connectivity index (χ0) is 18.6. The van der Waals surface area contributed by atoms with E-state index in [0.29, 0.717) is 0 Å². The molecule has 2 aromatic rings. The zero-order valence-electron chi connectivity index (χ0n) is 13.7. The van der Waals surface area contributed by atoms with E-state index in [4.69, 9.17) is 5.73 Å². The first-order chi connectivity index (χ1) is 12.3. The molecule has 2 aliphatic carbocycles. The Kier molecular flexibility index (Phi) is 5.22. The van der Waals surface area contributed by atoms with Crippen LogP contribution in [0.4, 0.5) is 11.4 Å². The number of ketones is 2. The predicted molar refractivity (Wildman–Crippen MR) is 102 cm³/mol. The van der Waals surface area contributed by atoms with Gasteiger partial charge in [-0.1, -0.05) is 24.3 Å². The third-order valence-corrected chi connectivity index (χ3v) is 5.84.